The molecule has 90 valence electrons. The Labute approximate surface area is 109 Å². The molecule has 0 unspecified atom stereocenters. The number of carbonyl (C=O) groups is 2. The molecule has 6 heteroatoms. The summed E-state index contributed by atoms with van der Waals surface area (Å²) in [7, 11) is 0. The molecule has 1 aliphatic rings. The molecule has 0 spiro atoms. The Kier molecular flexibility index (Phi) is 5.11. The van der Waals surface area contributed by atoms with Crippen molar-refractivity contribution in [1.82, 2.24) is 4.90 Å². The number of thiocarbonyl (C=S) groups is 1. The van der Waals surface area contributed by atoms with Crippen LogP contribution in [-0.2, 0) is 9.59 Å². The molecule has 0 atom stereocenters. The van der Waals surface area contributed by atoms with Gasteiger partial charge in [-0.25, -0.2) is 0 Å². The number of aliphatic carboxylic acids is 1. The lowest BCUT2D eigenvalue weighted by atomic mass is 10.4. The molecule has 0 aromatic carbocycles. The summed E-state index contributed by atoms with van der Waals surface area (Å²) in [6, 6.07) is 0. The van der Waals surface area contributed by atoms with Gasteiger partial charge in [-0.2, -0.15) is 0 Å². The van der Waals surface area contributed by atoms with Gasteiger partial charge < -0.3 is 5.11 Å². The molecular formula is C11H11NO3S2. The average molecular weight is 269 g/mol. The second-order valence-corrected chi connectivity index (χ2v) is 4.77. The van der Waals surface area contributed by atoms with Crippen molar-refractivity contribution < 1.29 is 14.7 Å². The van der Waals surface area contributed by atoms with Crippen LogP contribution in [0.25, 0.3) is 0 Å². The summed E-state index contributed by atoms with van der Waals surface area (Å²) in [6.07, 6.45) is 8.81. The van der Waals surface area contributed by atoms with Crippen LogP contribution >= 0.6 is 24.0 Å². The van der Waals surface area contributed by atoms with E-state index in [1.54, 1.807) is 18.2 Å². The van der Waals surface area contributed by atoms with E-state index in [0.29, 0.717) is 4.91 Å². The molecule has 0 bridgehead atoms. The number of allylic oxidation sites excluding steroid dienone is 5. The van der Waals surface area contributed by atoms with Gasteiger partial charge in [0, 0.05) is 0 Å². The smallest absolute Gasteiger partial charge is 0.323 e. The number of hydrogen-bond donors (Lipinski definition) is 1. The fourth-order valence-corrected chi connectivity index (χ4v) is 2.31. The Balaban J connectivity index is 2.77. The number of thioether (sulfide) groups is 1. The van der Waals surface area contributed by atoms with Crippen LogP contribution in [0.3, 0.4) is 0 Å². The number of hydrogen-bond acceptors (Lipinski definition) is 4. The second kappa shape index (κ2) is 6.36. The van der Waals surface area contributed by atoms with Crippen LogP contribution in [0.4, 0.5) is 0 Å². The summed E-state index contributed by atoms with van der Waals surface area (Å²) in [5.74, 6) is -1.43. The van der Waals surface area contributed by atoms with E-state index in [1.165, 1.54) is 0 Å². The van der Waals surface area contributed by atoms with Gasteiger partial charge in [0.2, 0.25) is 0 Å². The van der Waals surface area contributed by atoms with Crippen molar-refractivity contribution in [2.24, 2.45) is 0 Å². The van der Waals surface area contributed by atoms with Gasteiger partial charge in [0.1, 0.15) is 10.9 Å². The highest BCUT2D eigenvalue weighted by molar-refractivity contribution is 8.26. The SMILES string of the molecule is C/C=C/C=C/C=C1\SC(=S)N(CC(=O)O)C1=O. The van der Waals surface area contributed by atoms with E-state index in [2.05, 4.69) is 0 Å². The predicted octanol–water partition coefficient (Wildman–Crippen LogP) is 1.95. The van der Waals surface area contributed by atoms with E-state index in [0.717, 1.165) is 16.7 Å². The van der Waals surface area contributed by atoms with Gasteiger partial charge in [0.05, 0.1) is 4.91 Å². The summed E-state index contributed by atoms with van der Waals surface area (Å²) in [6.45, 7) is 1.50. The van der Waals surface area contributed by atoms with E-state index < -0.39 is 5.97 Å². The first-order chi connectivity index (χ1) is 8.06. The average Bonchev–Trinajstić information content (AvgIpc) is 2.52. The molecule has 4 nitrogen and oxygen atoms in total. The number of carbonyl (C=O) groups excluding carboxylic acids is 1. The Hall–Kier alpha value is -1.40. The summed E-state index contributed by atoms with van der Waals surface area (Å²) in [4.78, 5) is 23.8. The normalized spacial score (nSPS) is 19.1. The summed E-state index contributed by atoms with van der Waals surface area (Å²) in [5, 5.41) is 8.64. The van der Waals surface area contributed by atoms with Crippen molar-refractivity contribution in [2.75, 3.05) is 6.54 Å². The van der Waals surface area contributed by atoms with E-state index in [4.69, 9.17) is 17.3 Å². The highest BCUT2D eigenvalue weighted by atomic mass is 32.2. The molecule has 1 fully saturated rings. The highest BCUT2D eigenvalue weighted by Crippen LogP contribution is 2.30. The number of nitrogens with zero attached hydrogens (tertiary/aromatic N) is 1. The van der Waals surface area contributed by atoms with Crippen molar-refractivity contribution in [3.63, 3.8) is 0 Å². The largest absolute Gasteiger partial charge is 0.480 e. The van der Waals surface area contributed by atoms with Gasteiger partial charge in [-0.3, -0.25) is 14.5 Å². The Morgan fingerprint density at radius 2 is 2.18 bits per heavy atom. The molecule has 17 heavy (non-hydrogen) atoms. The monoisotopic (exact) mass is 269 g/mol. The van der Waals surface area contributed by atoms with Gasteiger partial charge in [0.25, 0.3) is 5.91 Å². The topological polar surface area (TPSA) is 57.6 Å². The zero-order valence-corrected chi connectivity index (χ0v) is 10.8. The molecule has 1 N–H and O–H groups in total. The second-order valence-electron chi connectivity index (χ2n) is 3.09. The summed E-state index contributed by atoms with van der Waals surface area (Å²) in [5.41, 5.74) is 0. The van der Waals surface area contributed by atoms with Crippen molar-refractivity contribution >= 4 is 40.2 Å². The highest BCUT2D eigenvalue weighted by Gasteiger charge is 2.32. The molecule has 1 heterocycles. The third-order valence-electron chi connectivity index (χ3n) is 1.83. The van der Waals surface area contributed by atoms with Gasteiger partial charge in [-0.15, -0.1) is 0 Å². The van der Waals surface area contributed by atoms with Crippen molar-refractivity contribution in [2.45, 2.75) is 6.92 Å². The minimum absolute atomic E-state index is 0.281. The molecule has 0 aromatic heterocycles. The molecule has 1 amide bonds. The number of carboxylic acid groups (broad SMARTS) is 1. The lowest BCUT2D eigenvalue weighted by Crippen LogP contribution is -2.33. The fraction of sp³-hybridized carbons (Fsp3) is 0.182. The van der Waals surface area contributed by atoms with E-state index in [1.807, 2.05) is 19.1 Å². The Bertz CT molecular complexity index is 438. The van der Waals surface area contributed by atoms with E-state index in [9.17, 15) is 9.59 Å². The van der Waals surface area contributed by atoms with Crippen LogP contribution in [-0.4, -0.2) is 32.7 Å². The fourth-order valence-electron chi connectivity index (χ4n) is 1.10. The van der Waals surface area contributed by atoms with E-state index in [-0.39, 0.29) is 16.8 Å². The maximum Gasteiger partial charge on any atom is 0.323 e. The Morgan fingerprint density at radius 3 is 2.76 bits per heavy atom. The van der Waals surface area contributed by atoms with Crippen LogP contribution in [0.5, 0.6) is 0 Å². The molecule has 1 aliphatic heterocycles. The van der Waals surface area contributed by atoms with Crippen LogP contribution in [0, 0.1) is 0 Å². The molecule has 1 saturated heterocycles. The van der Waals surface area contributed by atoms with Gasteiger partial charge in [0.15, 0.2) is 0 Å². The minimum Gasteiger partial charge on any atom is -0.480 e. The van der Waals surface area contributed by atoms with Gasteiger partial charge >= 0.3 is 5.97 Å². The minimum atomic E-state index is -1.08. The number of amides is 1. The van der Waals surface area contributed by atoms with Crippen LogP contribution in [0.2, 0.25) is 0 Å². The zero-order valence-electron chi connectivity index (χ0n) is 9.12. The van der Waals surface area contributed by atoms with Crippen molar-refractivity contribution in [3.05, 3.63) is 35.3 Å². The molecule has 0 aliphatic carbocycles. The summed E-state index contributed by atoms with van der Waals surface area (Å²) >= 11 is 6.05. The maximum absolute atomic E-state index is 11.7. The van der Waals surface area contributed by atoms with Gasteiger partial charge in [-0.1, -0.05) is 48.3 Å². The quantitative estimate of drug-likeness (QED) is 0.480. The maximum atomic E-state index is 11.7. The summed E-state index contributed by atoms with van der Waals surface area (Å²) < 4.78 is 0.281. The lowest BCUT2D eigenvalue weighted by Gasteiger charge is -2.09. The predicted molar refractivity (Wildman–Crippen MR) is 71.6 cm³/mol. The molecular weight excluding hydrogens is 258 g/mol. The van der Waals surface area contributed by atoms with Crippen molar-refractivity contribution in [1.29, 1.82) is 0 Å². The zero-order chi connectivity index (χ0) is 12.8. The third kappa shape index (κ3) is 3.83. The van der Waals surface area contributed by atoms with Crippen molar-refractivity contribution in [3.8, 4) is 0 Å². The van der Waals surface area contributed by atoms with E-state index >= 15 is 0 Å². The van der Waals surface area contributed by atoms with Crippen LogP contribution < -0.4 is 0 Å². The van der Waals surface area contributed by atoms with Crippen LogP contribution in [0.1, 0.15) is 6.92 Å². The Morgan fingerprint density at radius 1 is 1.47 bits per heavy atom. The first kappa shape index (κ1) is 13.7. The third-order valence-corrected chi connectivity index (χ3v) is 3.23. The first-order valence-corrected chi connectivity index (χ1v) is 6.04. The number of carboxylic acids is 1. The lowest BCUT2D eigenvalue weighted by molar-refractivity contribution is -0.140. The first-order valence-electron chi connectivity index (χ1n) is 4.81. The van der Waals surface area contributed by atoms with Gasteiger partial charge in [-0.05, 0) is 13.0 Å². The number of rotatable bonds is 4. The molecule has 0 radical (unpaired) electrons. The van der Waals surface area contributed by atoms with Crippen LogP contribution in [0.15, 0.2) is 35.3 Å². The molecule has 0 aromatic rings. The molecule has 1 rings (SSSR count). The standard InChI is InChI=1S/C11H11NO3S2/c1-2-3-4-5-6-8-10(15)12(7-9(13)14)11(16)17-8/h2-6H,7H2,1H3,(H,13,14)/b3-2+,5-4+,8-6-. The molecule has 0 saturated carbocycles.